The number of hydrogen-bond donors (Lipinski definition) is 1. The molecule has 0 saturated heterocycles. The van der Waals surface area contributed by atoms with Crippen molar-refractivity contribution in [1.29, 1.82) is 0 Å². The SMILES string of the molecule is CCC(C(N)=S)S(=O)(=O)N(C)C(C)c1ccc(Cl)cc1. The molecule has 0 amide bonds. The highest BCUT2D eigenvalue weighted by Gasteiger charge is 2.33. The molecule has 0 saturated carbocycles. The lowest BCUT2D eigenvalue weighted by Crippen LogP contribution is -2.43. The Labute approximate surface area is 131 Å². The Balaban J connectivity index is 3.06. The minimum Gasteiger partial charge on any atom is -0.392 e. The first-order valence-corrected chi connectivity index (χ1v) is 8.52. The van der Waals surface area contributed by atoms with Crippen molar-refractivity contribution >= 4 is 38.8 Å². The van der Waals surface area contributed by atoms with Gasteiger partial charge in [0.15, 0.2) is 0 Å². The van der Waals surface area contributed by atoms with Gasteiger partial charge in [-0.3, -0.25) is 0 Å². The summed E-state index contributed by atoms with van der Waals surface area (Å²) in [6.07, 6.45) is 0.356. The van der Waals surface area contributed by atoms with Crippen molar-refractivity contribution < 1.29 is 8.42 Å². The minimum absolute atomic E-state index is 0.00246. The fourth-order valence-corrected chi connectivity index (χ4v) is 4.27. The highest BCUT2D eigenvalue weighted by molar-refractivity contribution is 7.92. The zero-order valence-electron chi connectivity index (χ0n) is 11.7. The summed E-state index contributed by atoms with van der Waals surface area (Å²) >= 11 is 10.7. The number of hydrogen-bond acceptors (Lipinski definition) is 3. The molecule has 0 fully saturated rings. The van der Waals surface area contributed by atoms with Crippen LogP contribution in [0.25, 0.3) is 0 Å². The summed E-state index contributed by atoms with van der Waals surface area (Å²) in [6.45, 7) is 3.56. The third kappa shape index (κ3) is 3.69. The molecule has 0 aliphatic heterocycles. The van der Waals surface area contributed by atoms with Crippen molar-refractivity contribution in [1.82, 2.24) is 4.31 Å². The minimum atomic E-state index is -3.57. The molecule has 0 radical (unpaired) electrons. The van der Waals surface area contributed by atoms with E-state index in [0.717, 1.165) is 5.56 Å². The average Bonchev–Trinajstić information content (AvgIpc) is 2.37. The maximum atomic E-state index is 12.5. The number of halogens is 1. The van der Waals surface area contributed by atoms with Crippen molar-refractivity contribution in [2.75, 3.05) is 7.05 Å². The molecule has 0 bridgehead atoms. The van der Waals surface area contributed by atoms with Crippen molar-refractivity contribution in [2.45, 2.75) is 31.6 Å². The first-order chi connectivity index (χ1) is 9.21. The Bertz CT molecular complexity index is 573. The number of nitrogens with zero attached hydrogens (tertiary/aromatic N) is 1. The van der Waals surface area contributed by atoms with Gasteiger partial charge >= 0.3 is 0 Å². The third-order valence-electron chi connectivity index (χ3n) is 3.35. The summed E-state index contributed by atoms with van der Waals surface area (Å²) in [7, 11) is -2.04. The molecule has 112 valence electrons. The lowest BCUT2D eigenvalue weighted by atomic mass is 10.1. The second-order valence-corrected chi connectivity index (χ2v) is 7.67. The predicted molar refractivity (Wildman–Crippen MR) is 87.4 cm³/mol. The van der Waals surface area contributed by atoms with Crippen LogP contribution in [0.4, 0.5) is 0 Å². The molecule has 0 aliphatic carbocycles. The van der Waals surface area contributed by atoms with E-state index in [1.807, 2.05) is 6.92 Å². The van der Waals surface area contributed by atoms with Gasteiger partial charge in [-0.2, -0.15) is 4.31 Å². The van der Waals surface area contributed by atoms with E-state index in [-0.39, 0.29) is 11.0 Å². The molecule has 0 spiro atoms. The summed E-state index contributed by atoms with van der Waals surface area (Å²) in [4.78, 5) is 0.00246. The van der Waals surface area contributed by atoms with Gasteiger partial charge in [-0.25, -0.2) is 8.42 Å². The molecule has 2 N–H and O–H groups in total. The van der Waals surface area contributed by atoms with Crippen LogP contribution in [-0.2, 0) is 10.0 Å². The Kier molecular flexibility index (Phi) is 5.94. The van der Waals surface area contributed by atoms with Gasteiger partial charge < -0.3 is 5.73 Å². The largest absolute Gasteiger partial charge is 0.392 e. The van der Waals surface area contributed by atoms with E-state index in [2.05, 4.69) is 0 Å². The summed E-state index contributed by atoms with van der Waals surface area (Å²) in [5.41, 5.74) is 6.40. The highest BCUT2D eigenvalue weighted by atomic mass is 35.5. The van der Waals surface area contributed by atoms with E-state index in [0.29, 0.717) is 11.4 Å². The Morgan fingerprint density at radius 1 is 1.40 bits per heavy atom. The van der Waals surface area contributed by atoms with E-state index in [4.69, 9.17) is 29.6 Å². The second kappa shape index (κ2) is 6.85. The van der Waals surface area contributed by atoms with E-state index >= 15 is 0 Å². The lowest BCUT2D eigenvalue weighted by Gasteiger charge is -2.28. The molecule has 20 heavy (non-hydrogen) atoms. The van der Waals surface area contributed by atoms with Gasteiger partial charge in [0.2, 0.25) is 10.0 Å². The molecular formula is C13H19ClN2O2S2. The molecule has 7 heteroatoms. The van der Waals surface area contributed by atoms with Gasteiger partial charge in [-0.15, -0.1) is 0 Å². The van der Waals surface area contributed by atoms with Gasteiger partial charge in [0.05, 0.1) is 4.99 Å². The first kappa shape index (κ1) is 17.4. The van der Waals surface area contributed by atoms with E-state index < -0.39 is 15.3 Å². The molecule has 1 aromatic carbocycles. The molecule has 0 aromatic heterocycles. The van der Waals surface area contributed by atoms with Crippen LogP contribution in [0, 0.1) is 0 Å². The van der Waals surface area contributed by atoms with Crippen molar-refractivity contribution in [2.24, 2.45) is 5.73 Å². The molecule has 2 atom stereocenters. The van der Waals surface area contributed by atoms with Crippen LogP contribution in [0.1, 0.15) is 31.9 Å². The predicted octanol–water partition coefficient (Wildman–Crippen LogP) is 2.73. The molecule has 2 unspecified atom stereocenters. The fourth-order valence-electron chi connectivity index (χ4n) is 1.93. The molecular weight excluding hydrogens is 316 g/mol. The monoisotopic (exact) mass is 334 g/mol. The number of benzene rings is 1. The number of rotatable bonds is 6. The van der Waals surface area contributed by atoms with E-state index in [1.165, 1.54) is 11.4 Å². The summed E-state index contributed by atoms with van der Waals surface area (Å²) < 4.78 is 26.3. The van der Waals surface area contributed by atoms with Crippen LogP contribution in [0.2, 0.25) is 5.02 Å². The van der Waals surface area contributed by atoms with E-state index in [1.54, 1.807) is 31.2 Å². The van der Waals surface area contributed by atoms with E-state index in [9.17, 15) is 8.42 Å². The maximum Gasteiger partial charge on any atom is 0.223 e. The Morgan fingerprint density at radius 3 is 2.30 bits per heavy atom. The van der Waals surface area contributed by atoms with Gasteiger partial charge in [-0.05, 0) is 31.0 Å². The number of nitrogens with two attached hydrogens (primary N) is 1. The van der Waals surface area contributed by atoms with Crippen molar-refractivity contribution in [3.05, 3.63) is 34.9 Å². The summed E-state index contributed by atoms with van der Waals surface area (Å²) in [6, 6.07) is 6.76. The third-order valence-corrected chi connectivity index (χ3v) is 6.46. The van der Waals surface area contributed by atoms with Gasteiger partial charge in [-0.1, -0.05) is 42.9 Å². The lowest BCUT2D eigenvalue weighted by molar-refractivity contribution is 0.395. The van der Waals surface area contributed by atoms with Crippen molar-refractivity contribution in [3.8, 4) is 0 Å². The second-order valence-electron chi connectivity index (χ2n) is 4.59. The summed E-state index contributed by atoms with van der Waals surface area (Å²) in [5, 5.41) is -0.224. The standard InChI is InChI=1S/C13H19ClN2O2S2/c1-4-12(13(15)19)20(17,18)16(3)9(2)10-5-7-11(14)8-6-10/h5-9,12H,4H2,1-3H3,(H2,15,19). The first-order valence-electron chi connectivity index (χ1n) is 6.23. The Morgan fingerprint density at radius 2 is 1.90 bits per heavy atom. The summed E-state index contributed by atoms with van der Waals surface area (Å²) in [5.74, 6) is 0. The van der Waals surface area contributed by atoms with Crippen molar-refractivity contribution in [3.63, 3.8) is 0 Å². The number of sulfonamides is 1. The Hall–Kier alpha value is -0.690. The molecule has 0 heterocycles. The normalized spacial score (nSPS) is 15.1. The van der Waals surface area contributed by atoms with Crippen LogP contribution in [0.3, 0.4) is 0 Å². The quantitative estimate of drug-likeness (QED) is 0.812. The van der Waals surface area contributed by atoms with Crippen LogP contribution in [0.15, 0.2) is 24.3 Å². The molecule has 0 aliphatic rings. The zero-order valence-corrected chi connectivity index (χ0v) is 14.1. The maximum absolute atomic E-state index is 12.5. The van der Waals surface area contributed by atoms with Crippen LogP contribution in [0.5, 0.6) is 0 Å². The van der Waals surface area contributed by atoms with Gasteiger partial charge in [0.1, 0.15) is 5.25 Å². The van der Waals surface area contributed by atoms with Gasteiger partial charge in [0.25, 0.3) is 0 Å². The highest BCUT2D eigenvalue weighted by Crippen LogP contribution is 2.25. The molecule has 1 aromatic rings. The van der Waals surface area contributed by atoms with Gasteiger partial charge in [0, 0.05) is 18.1 Å². The number of thiocarbonyl (C=S) groups is 1. The molecule has 1 rings (SSSR count). The fraction of sp³-hybridized carbons (Fsp3) is 0.462. The van der Waals surface area contributed by atoms with Crippen LogP contribution in [-0.4, -0.2) is 30.0 Å². The zero-order chi connectivity index (χ0) is 15.5. The van der Waals surface area contributed by atoms with Crippen LogP contribution >= 0.6 is 23.8 Å². The smallest absolute Gasteiger partial charge is 0.223 e. The topological polar surface area (TPSA) is 63.4 Å². The average molecular weight is 335 g/mol. The molecule has 4 nitrogen and oxygen atoms in total. The van der Waals surface area contributed by atoms with Crippen LogP contribution < -0.4 is 5.73 Å².